The lowest BCUT2D eigenvalue weighted by atomic mass is 10.0. The lowest BCUT2D eigenvalue weighted by Crippen LogP contribution is -2.26. The number of hydrogen-bond donors (Lipinski definition) is 1. The molecule has 0 aliphatic carbocycles. The molecule has 0 saturated heterocycles. The van der Waals surface area contributed by atoms with Gasteiger partial charge in [-0.1, -0.05) is 12.1 Å². The minimum Gasteiger partial charge on any atom is -0.346 e. The first kappa shape index (κ1) is 15.2. The van der Waals surface area contributed by atoms with Crippen molar-refractivity contribution in [1.29, 1.82) is 0 Å². The zero-order valence-corrected chi connectivity index (χ0v) is 12.2. The molecule has 0 aliphatic rings. The van der Waals surface area contributed by atoms with Gasteiger partial charge in [-0.25, -0.2) is 8.78 Å². The van der Waals surface area contributed by atoms with E-state index in [1.54, 1.807) is 13.0 Å². The van der Waals surface area contributed by atoms with E-state index in [-0.39, 0.29) is 5.91 Å². The standard InChI is InChI=1S/C17H17F2NO/c1-10-4-5-14(8-11(10)2)17(21)20-12(3)13-6-7-15(18)16(19)9-13/h4-9,12H,1-3H3,(H,20,21). The number of amides is 1. The lowest BCUT2D eigenvalue weighted by molar-refractivity contribution is 0.0939. The van der Waals surface area contributed by atoms with Crippen LogP contribution in [0.3, 0.4) is 0 Å². The van der Waals surface area contributed by atoms with Gasteiger partial charge in [0, 0.05) is 5.56 Å². The molecular formula is C17H17F2NO. The Bertz CT molecular complexity index is 682. The summed E-state index contributed by atoms with van der Waals surface area (Å²) in [6, 6.07) is 8.65. The van der Waals surface area contributed by atoms with Crippen molar-refractivity contribution in [2.45, 2.75) is 26.8 Å². The molecule has 1 amide bonds. The van der Waals surface area contributed by atoms with E-state index in [1.165, 1.54) is 6.07 Å². The van der Waals surface area contributed by atoms with E-state index >= 15 is 0 Å². The van der Waals surface area contributed by atoms with E-state index in [9.17, 15) is 13.6 Å². The third kappa shape index (κ3) is 3.45. The Hall–Kier alpha value is -2.23. The van der Waals surface area contributed by atoms with Crippen LogP contribution in [-0.4, -0.2) is 5.91 Å². The largest absolute Gasteiger partial charge is 0.346 e. The maximum Gasteiger partial charge on any atom is 0.251 e. The lowest BCUT2D eigenvalue weighted by Gasteiger charge is -2.15. The second-order valence-electron chi connectivity index (χ2n) is 5.17. The van der Waals surface area contributed by atoms with Crippen LogP contribution in [0.5, 0.6) is 0 Å². The molecule has 21 heavy (non-hydrogen) atoms. The second kappa shape index (κ2) is 6.04. The summed E-state index contributed by atoms with van der Waals surface area (Å²) in [5.74, 6) is -2.05. The van der Waals surface area contributed by atoms with E-state index in [4.69, 9.17) is 0 Å². The van der Waals surface area contributed by atoms with Crippen LogP contribution >= 0.6 is 0 Å². The van der Waals surface area contributed by atoms with Crippen LogP contribution in [0.25, 0.3) is 0 Å². The molecule has 0 aromatic heterocycles. The van der Waals surface area contributed by atoms with Gasteiger partial charge in [0.25, 0.3) is 5.91 Å². The van der Waals surface area contributed by atoms with Crippen molar-refractivity contribution in [3.8, 4) is 0 Å². The van der Waals surface area contributed by atoms with Gasteiger partial charge in [-0.2, -0.15) is 0 Å². The first-order chi connectivity index (χ1) is 9.88. The zero-order chi connectivity index (χ0) is 15.6. The third-order valence-electron chi connectivity index (χ3n) is 3.56. The Morgan fingerprint density at radius 3 is 2.33 bits per heavy atom. The molecule has 1 atom stereocenters. The fourth-order valence-electron chi connectivity index (χ4n) is 2.03. The first-order valence-corrected chi connectivity index (χ1v) is 6.71. The van der Waals surface area contributed by atoms with Crippen molar-refractivity contribution in [2.24, 2.45) is 0 Å². The third-order valence-corrected chi connectivity index (χ3v) is 3.56. The van der Waals surface area contributed by atoms with E-state index < -0.39 is 17.7 Å². The average molecular weight is 289 g/mol. The highest BCUT2D eigenvalue weighted by molar-refractivity contribution is 5.94. The quantitative estimate of drug-likeness (QED) is 0.906. The molecule has 2 aromatic rings. The number of nitrogens with one attached hydrogen (secondary N) is 1. The van der Waals surface area contributed by atoms with Gasteiger partial charge in [0.15, 0.2) is 11.6 Å². The highest BCUT2D eigenvalue weighted by atomic mass is 19.2. The van der Waals surface area contributed by atoms with Gasteiger partial charge in [-0.15, -0.1) is 0 Å². The average Bonchev–Trinajstić information content (AvgIpc) is 2.44. The van der Waals surface area contributed by atoms with Crippen LogP contribution in [0.4, 0.5) is 8.78 Å². The van der Waals surface area contributed by atoms with Crippen molar-refractivity contribution < 1.29 is 13.6 Å². The SMILES string of the molecule is Cc1ccc(C(=O)NC(C)c2ccc(F)c(F)c2)cc1C. The normalized spacial score (nSPS) is 12.0. The molecule has 0 spiro atoms. The number of benzene rings is 2. The summed E-state index contributed by atoms with van der Waals surface area (Å²) in [6.45, 7) is 5.64. The van der Waals surface area contributed by atoms with Crippen molar-refractivity contribution in [2.75, 3.05) is 0 Å². The molecule has 2 nitrogen and oxygen atoms in total. The molecule has 0 bridgehead atoms. The van der Waals surface area contributed by atoms with Crippen LogP contribution < -0.4 is 5.32 Å². The monoisotopic (exact) mass is 289 g/mol. The predicted molar refractivity (Wildman–Crippen MR) is 78.2 cm³/mol. The van der Waals surface area contributed by atoms with Crippen LogP contribution in [0.2, 0.25) is 0 Å². The van der Waals surface area contributed by atoms with E-state index in [1.807, 2.05) is 26.0 Å². The van der Waals surface area contributed by atoms with Gasteiger partial charge in [0.2, 0.25) is 0 Å². The summed E-state index contributed by atoms with van der Waals surface area (Å²) in [5.41, 5.74) is 3.21. The minimum atomic E-state index is -0.917. The van der Waals surface area contributed by atoms with Crippen LogP contribution in [0, 0.1) is 25.5 Å². The number of rotatable bonds is 3. The van der Waals surface area contributed by atoms with Crippen molar-refractivity contribution in [1.82, 2.24) is 5.32 Å². The first-order valence-electron chi connectivity index (χ1n) is 6.71. The van der Waals surface area contributed by atoms with Gasteiger partial charge in [0.1, 0.15) is 0 Å². The molecule has 4 heteroatoms. The summed E-state index contributed by atoms with van der Waals surface area (Å²) in [4.78, 5) is 12.2. The predicted octanol–water partition coefficient (Wildman–Crippen LogP) is 4.07. The Kier molecular flexibility index (Phi) is 4.36. The molecule has 110 valence electrons. The van der Waals surface area contributed by atoms with Crippen molar-refractivity contribution >= 4 is 5.91 Å². The summed E-state index contributed by atoms with van der Waals surface area (Å²) in [6.07, 6.45) is 0. The molecule has 0 heterocycles. The molecule has 1 N–H and O–H groups in total. The molecule has 2 aromatic carbocycles. The van der Waals surface area contributed by atoms with Gasteiger partial charge < -0.3 is 5.32 Å². The summed E-state index contributed by atoms with van der Waals surface area (Å²) in [7, 11) is 0. The maximum atomic E-state index is 13.2. The van der Waals surface area contributed by atoms with E-state index in [0.29, 0.717) is 11.1 Å². The van der Waals surface area contributed by atoms with Gasteiger partial charge in [0.05, 0.1) is 6.04 Å². The number of halogens is 2. The number of carbonyl (C=O) groups is 1. The number of aryl methyl sites for hydroxylation is 2. The highest BCUT2D eigenvalue weighted by Crippen LogP contribution is 2.17. The highest BCUT2D eigenvalue weighted by Gasteiger charge is 2.13. The summed E-state index contributed by atoms with van der Waals surface area (Å²) < 4.78 is 26.1. The minimum absolute atomic E-state index is 0.240. The zero-order valence-electron chi connectivity index (χ0n) is 12.2. The fraction of sp³-hybridized carbons (Fsp3) is 0.235. The number of hydrogen-bond acceptors (Lipinski definition) is 1. The van der Waals surface area contributed by atoms with Crippen molar-refractivity contribution in [3.05, 3.63) is 70.3 Å². The van der Waals surface area contributed by atoms with Crippen molar-refractivity contribution in [3.63, 3.8) is 0 Å². The Morgan fingerprint density at radius 1 is 1.00 bits per heavy atom. The van der Waals surface area contributed by atoms with Gasteiger partial charge >= 0.3 is 0 Å². The Labute approximate surface area is 122 Å². The van der Waals surface area contributed by atoms with E-state index in [0.717, 1.165) is 23.3 Å². The molecule has 0 fully saturated rings. The second-order valence-corrected chi connectivity index (χ2v) is 5.17. The fourth-order valence-corrected chi connectivity index (χ4v) is 2.03. The summed E-state index contributed by atoms with van der Waals surface area (Å²) in [5, 5.41) is 2.78. The van der Waals surface area contributed by atoms with Gasteiger partial charge in [-0.3, -0.25) is 4.79 Å². The molecule has 0 saturated carbocycles. The molecule has 1 unspecified atom stereocenters. The van der Waals surface area contributed by atoms with Crippen LogP contribution in [-0.2, 0) is 0 Å². The maximum absolute atomic E-state index is 13.2. The molecular weight excluding hydrogens is 272 g/mol. The Balaban J connectivity index is 2.14. The molecule has 0 aliphatic heterocycles. The topological polar surface area (TPSA) is 29.1 Å². The molecule has 2 rings (SSSR count). The van der Waals surface area contributed by atoms with E-state index in [2.05, 4.69) is 5.32 Å². The van der Waals surface area contributed by atoms with Gasteiger partial charge in [-0.05, 0) is 61.7 Å². The van der Waals surface area contributed by atoms with Crippen LogP contribution in [0.1, 0.15) is 40.0 Å². The smallest absolute Gasteiger partial charge is 0.251 e. The molecule has 0 radical (unpaired) electrons. The Morgan fingerprint density at radius 2 is 1.71 bits per heavy atom. The van der Waals surface area contributed by atoms with Crippen LogP contribution in [0.15, 0.2) is 36.4 Å². The summed E-state index contributed by atoms with van der Waals surface area (Å²) >= 11 is 0. The number of carbonyl (C=O) groups excluding carboxylic acids is 1.